The minimum absolute atomic E-state index is 0.264. The molecule has 20 heavy (non-hydrogen) atoms. The molecule has 0 aliphatic carbocycles. The van der Waals surface area contributed by atoms with Crippen LogP contribution in [0.3, 0.4) is 0 Å². The maximum atomic E-state index is 12.4. The largest absolute Gasteiger partial charge is 0.425 e. The van der Waals surface area contributed by atoms with Gasteiger partial charge in [-0.15, -0.1) is 12.6 Å². The first kappa shape index (κ1) is 14.9. The second-order valence-electron chi connectivity index (χ2n) is 5.17. The molecule has 2 atom stereocenters. The number of nitrogens with zero attached hydrogens (tertiary/aromatic N) is 1. The minimum Gasteiger partial charge on any atom is -0.425 e. The highest BCUT2D eigenvalue weighted by molar-refractivity contribution is 7.80. The number of allylic oxidation sites excluding steroid dienone is 1. The van der Waals surface area contributed by atoms with Gasteiger partial charge in [0, 0.05) is 11.1 Å². The van der Waals surface area contributed by atoms with Gasteiger partial charge in [-0.3, -0.25) is 9.79 Å². The summed E-state index contributed by atoms with van der Waals surface area (Å²) in [5, 5.41) is 0. The number of ether oxygens (including phenoxy) is 1. The standard InChI is InChI=1S/C16H19NO2S/c1-4-12(16(3)9-6-10-17-16)15(18)19-13-8-5-7-11(2)14(13)20/h5-10,12,20H,4H2,1-3H3. The summed E-state index contributed by atoms with van der Waals surface area (Å²) in [6.45, 7) is 5.85. The first-order chi connectivity index (χ1) is 9.48. The zero-order chi connectivity index (χ0) is 14.8. The third-order valence-electron chi connectivity index (χ3n) is 3.68. The van der Waals surface area contributed by atoms with Crippen molar-refractivity contribution in [1.82, 2.24) is 0 Å². The van der Waals surface area contributed by atoms with Crippen LogP contribution in [-0.2, 0) is 4.79 Å². The van der Waals surface area contributed by atoms with Gasteiger partial charge in [-0.05, 0) is 38.0 Å². The van der Waals surface area contributed by atoms with Crippen molar-refractivity contribution in [3.05, 3.63) is 35.9 Å². The molecule has 0 bridgehead atoms. The van der Waals surface area contributed by atoms with Gasteiger partial charge in [0.2, 0.25) is 0 Å². The van der Waals surface area contributed by atoms with Crippen LogP contribution in [0.2, 0.25) is 0 Å². The van der Waals surface area contributed by atoms with E-state index in [4.69, 9.17) is 4.74 Å². The Balaban J connectivity index is 2.20. The number of esters is 1. The summed E-state index contributed by atoms with van der Waals surface area (Å²) in [6, 6.07) is 5.55. The maximum absolute atomic E-state index is 12.4. The van der Waals surface area contributed by atoms with Gasteiger partial charge in [0.25, 0.3) is 0 Å². The van der Waals surface area contributed by atoms with E-state index >= 15 is 0 Å². The van der Waals surface area contributed by atoms with E-state index in [9.17, 15) is 4.79 Å². The molecule has 1 aliphatic heterocycles. The fourth-order valence-corrected chi connectivity index (χ4v) is 2.60. The molecular formula is C16H19NO2S. The lowest BCUT2D eigenvalue weighted by Gasteiger charge is -2.27. The molecule has 1 aliphatic rings. The van der Waals surface area contributed by atoms with Gasteiger partial charge in [-0.2, -0.15) is 0 Å². The smallest absolute Gasteiger partial charge is 0.317 e. The van der Waals surface area contributed by atoms with Gasteiger partial charge < -0.3 is 4.74 Å². The number of thiol groups is 1. The molecule has 1 heterocycles. The molecule has 1 aromatic rings. The Bertz CT molecular complexity index is 566. The van der Waals surface area contributed by atoms with E-state index in [0.717, 1.165) is 5.56 Å². The summed E-state index contributed by atoms with van der Waals surface area (Å²) in [5.74, 6) is -0.0586. The Labute approximate surface area is 125 Å². The van der Waals surface area contributed by atoms with Crippen molar-refractivity contribution in [2.75, 3.05) is 0 Å². The van der Waals surface area contributed by atoms with Gasteiger partial charge in [0.15, 0.2) is 0 Å². The molecular weight excluding hydrogens is 270 g/mol. The normalized spacial score (nSPS) is 22.0. The lowest BCUT2D eigenvalue weighted by molar-refractivity contribution is -0.140. The SMILES string of the molecule is CCC(C(=O)Oc1cccc(C)c1S)C1(C)C=CC=N1. The van der Waals surface area contributed by atoms with Crippen LogP contribution in [0.25, 0.3) is 0 Å². The number of hydrogen-bond acceptors (Lipinski definition) is 4. The molecule has 0 saturated carbocycles. The summed E-state index contributed by atoms with van der Waals surface area (Å²) < 4.78 is 5.53. The van der Waals surface area contributed by atoms with Crippen molar-refractivity contribution in [1.29, 1.82) is 0 Å². The fraction of sp³-hybridized carbons (Fsp3) is 0.375. The van der Waals surface area contributed by atoms with Crippen LogP contribution in [-0.4, -0.2) is 17.7 Å². The molecule has 0 N–H and O–H groups in total. The lowest BCUT2D eigenvalue weighted by atomic mass is 9.85. The molecule has 1 aromatic carbocycles. The number of carbonyl (C=O) groups excluding carboxylic acids is 1. The zero-order valence-electron chi connectivity index (χ0n) is 12.0. The van der Waals surface area contributed by atoms with Gasteiger partial charge in [0.1, 0.15) is 5.75 Å². The number of carbonyl (C=O) groups is 1. The average Bonchev–Trinajstić information content (AvgIpc) is 2.83. The van der Waals surface area contributed by atoms with Crippen molar-refractivity contribution >= 4 is 24.8 Å². The molecule has 0 spiro atoms. The number of aryl methyl sites for hydroxylation is 1. The van der Waals surface area contributed by atoms with Crippen molar-refractivity contribution < 1.29 is 9.53 Å². The van der Waals surface area contributed by atoms with E-state index in [-0.39, 0.29) is 11.9 Å². The van der Waals surface area contributed by atoms with E-state index in [2.05, 4.69) is 17.6 Å². The van der Waals surface area contributed by atoms with E-state index in [1.807, 2.05) is 45.1 Å². The van der Waals surface area contributed by atoms with Crippen LogP contribution in [0.4, 0.5) is 0 Å². The summed E-state index contributed by atoms with van der Waals surface area (Å²) in [7, 11) is 0. The first-order valence-electron chi connectivity index (χ1n) is 6.71. The molecule has 2 rings (SSSR count). The van der Waals surface area contributed by atoms with Crippen molar-refractivity contribution in [3.8, 4) is 5.75 Å². The Kier molecular flexibility index (Phi) is 4.33. The van der Waals surface area contributed by atoms with E-state index in [0.29, 0.717) is 17.1 Å². The molecule has 0 amide bonds. The molecule has 4 heteroatoms. The Morgan fingerprint density at radius 1 is 1.50 bits per heavy atom. The highest BCUT2D eigenvalue weighted by Crippen LogP contribution is 2.32. The summed E-state index contributed by atoms with van der Waals surface area (Å²) in [4.78, 5) is 17.5. The van der Waals surface area contributed by atoms with E-state index < -0.39 is 5.54 Å². The second-order valence-corrected chi connectivity index (χ2v) is 5.61. The van der Waals surface area contributed by atoms with Crippen LogP contribution in [0.15, 0.2) is 40.2 Å². The molecule has 3 nitrogen and oxygen atoms in total. The van der Waals surface area contributed by atoms with E-state index in [1.165, 1.54) is 0 Å². The van der Waals surface area contributed by atoms with Gasteiger partial charge in [-0.25, -0.2) is 0 Å². The van der Waals surface area contributed by atoms with Crippen LogP contribution >= 0.6 is 12.6 Å². The highest BCUT2D eigenvalue weighted by atomic mass is 32.1. The zero-order valence-corrected chi connectivity index (χ0v) is 12.9. The van der Waals surface area contributed by atoms with Crippen molar-refractivity contribution in [2.45, 2.75) is 37.6 Å². The number of rotatable bonds is 4. The summed E-state index contributed by atoms with van der Waals surface area (Å²) >= 11 is 4.39. The quantitative estimate of drug-likeness (QED) is 0.522. The third kappa shape index (κ3) is 2.80. The van der Waals surface area contributed by atoms with Crippen LogP contribution < -0.4 is 4.74 Å². The Morgan fingerprint density at radius 2 is 2.25 bits per heavy atom. The van der Waals surface area contributed by atoms with Gasteiger partial charge in [0.05, 0.1) is 11.5 Å². The number of aliphatic imine (C=N–C) groups is 1. The number of hydrogen-bond donors (Lipinski definition) is 1. The Morgan fingerprint density at radius 3 is 2.85 bits per heavy atom. The van der Waals surface area contributed by atoms with E-state index in [1.54, 1.807) is 12.3 Å². The summed E-state index contributed by atoms with van der Waals surface area (Å²) in [6.07, 6.45) is 6.21. The van der Waals surface area contributed by atoms with Gasteiger partial charge in [-0.1, -0.05) is 25.1 Å². The van der Waals surface area contributed by atoms with Crippen LogP contribution in [0.1, 0.15) is 25.8 Å². The molecule has 2 unspecified atom stereocenters. The van der Waals surface area contributed by atoms with Crippen molar-refractivity contribution in [3.63, 3.8) is 0 Å². The molecule has 0 aromatic heterocycles. The predicted molar refractivity (Wildman–Crippen MR) is 83.9 cm³/mol. The molecule has 0 saturated heterocycles. The Hall–Kier alpha value is -1.55. The van der Waals surface area contributed by atoms with Crippen LogP contribution in [0, 0.1) is 12.8 Å². The number of benzene rings is 1. The molecule has 106 valence electrons. The summed E-state index contributed by atoms with van der Waals surface area (Å²) in [5.41, 5.74) is 0.476. The molecule has 0 fully saturated rings. The van der Waals surface area contributed by atoms with Gasteiger partial charge >= 0.3 is 5.97 Å². The molecule has 0 radical (unpaired) electrons. The topological polar surface area (TPSA) is 38.7 Å². The predicted octanol–water partition coefficient (Wildman–Crippen LogP) is 3.61. The average molecular weight is 289 g/mol. The maximum Gasteiger partial charge on any atom is 0.317 e. The highest BCUT2D eigenvalue weighted by Gasteiger charge is 2.38. The second kappa shape index (κ2) is 5.83. The fourth-order valence-electron chi connectivity index (χ4n) is 2.40. The minimum atomic E-state index is -0.508. The van der Waals surface area contributed by atoms with Crippen LogP contribution in [0.5, 0.6) is 5.75 Å². The third-order valence-corrected chi connectivity index (χ3v) is 4.26. The van der Waals surface area contributed by atoms with Crippen molar-refractivity contribution in [2.24, 2.45) is 10.9 Å². The lowest BCUT2D eigenvalue weighted by Crippen LogP contribution is -2.37. The first-order valence-corrected chi connectivity index (χ1v) is 7.16. The monoisotopic (exact) mass is 289 g/mol.